The molecule has 0 aliphatic heterocycles. The molecule has 1 amide bonds. The number of fused-ring (bicyclic) bond motifs is 1. The minimum absolute atomic E-state index is 0.124. The number of rotatable bonds is 5. The predicted molar refractivity (Wildman–Crippen MR) is 107 cm³/mol. The second-order valence-corrected chi connectivity index (χ2v) is 6.51. The molecule has 1 N–H and O–H groups in total. The third-order valence-corrected chi connectivity index (χ3v) is 4.52. The lowest BCUT2D eigenvalue weighted by atomic mass is 10.1. The molecule has 0 radical (unpaired) electrons. The van der Waals surface area contributed by atoms with Crippen molar-refractivity contribution in [2.45, 2.75) is 20.0 Å². The van der Waals surface area contributed by atoms with Crippen molar-refractivity contribution in [1.82, 2.24) is 19.6 Å². The molecule has 2 aromatic carbocycles. The zero-order valence-electron chi connectivity index (χ0n) is 15.7. The number of anilines is 1. The van der Waals surface area contributed by atoms with E-state index >= 15 is 0 Å². The second kappa shape index (κ2) is 7.67. The maximum absolute atomic E-state index is 13.7. The summed E-state index contributed by atoms with van der Waals surface area (Å²) in [7, 11) is 0. The highest BCUT2D eigenvalue weighted by atomic mass is 19.1. The topological polar surface area (TPSA) is 81.8 Å². The van der Waals surface area contributed by atoms with Gasteiger partial charge in [-0.15, -0.1) is 0 Å². The van der Waals surface area contributed by atoms with Crippen LogP contribution in [0.1, 0.15) is 23.0 Å². The summed E-state index contributed by atoms with van der Waals surface area (Å²) < 4.78 is 16.9. The largest absolute Gasteiger partial charge is 0.320 e. The minimum Gasteiger partial charge on any atom is -0.320 e. The van der Waals surface area contributed by atoms with Crippen molar-refractivity contribution in [3.63, 3.8) is 0 Å². The van der Waals surface area contributed by atoms with E-state index in [2.05, 4.69) is 15.5 Å². The minimum atomic E-state index is -0.639. The molecule has 4 aromatic rings. The second-order valence-electron chi connectivity index (χ2n) is 6.51. The molecule has 0 bridgehead atoms. The molecular formula is C21H18FN5O2. The highest BCUT2D eigenvalue weighted by Gasteiger charge is 2.18. The lowest BCUT2D eigenvalue weighted by Crippen LogP contribution is -2.27. The van der Waals surface area contributed by atoms with Gasteiger partial charge in [0.2, 0.25) is 5.43 Å². The van der Waals surface area contributed by atoms with Crippen LogP contribution in [-0.4, -0.2) is 25.5 Å². The molecule has 0 fully saturated rings. The number of amides is 1. The summed E-state index contributed by atoms with van der Waals surface area (Å²) in [6.07, 6.45) is 3.54. The predicted octanol–water partition coefficient (Wildman–Crippen LogP) is 3.05. The summed E-state index contributed by atoms with van der Waals surface area (Å²) >= 11 is 0. The summed E-state index contributed by atoms with van der Waals surface area (Å²) in [5.41, 5.74) is 1.07. The van der Waals surface area contributed by atoms with Gasteiger partial charge in [0.15, 0.2) is 5.69 Å². The van der Waals surface area contributed by atoms with Crippen molar-refractivity contribution < 1.29 is 9.18 Å². The Kier molecular flexibility index (Phi) is 4.90. The fourth-order valence-corrected chi connectivity index (χ4v) is 3.17. The number of aryl methyl sites for hydroxylation is 1. The Hall–Kier alpha value is -3.81. The molecule has 146 valence electrons. The number of hydrogen-bond donors (Lipinski definition) is 1. The highest BCUT2D eigenvalue weighted by Crippen LogP contribution is 2.15. The fraction of sp³-hybridized carbons (Fsp3) is 0.143. The number of aromatic nitrogens is 4. The van der Waals surface area contributed by atoms with Gasteiger partial charge in [0.25, 0.3) is 5.91 Å². The molecule has 0 unspecified atom stereocenters. The van der Waals surface area contributed by atoms with Crippen molar-refractivity contribution in [1.29, 1.82) is 0 Å². The molecule has 29 heavy (non-hydrogen) atoms. The number of carbonyl (C=O) groups excluding carboxylic acids is 1. The molecule has 0 atom stereocenters. The number of nitrogens with one attached hydrogen (secondary N) is 1. The van der Waals surface area contributed by atoms with E-state index in [0.717, 1.165) is 11.6 Å². The Balaban J connectivity index is 1.66. The Morgan fingerprint density at radius 2 is 2.03 bits per heavy atom. The van der Waals surface area contributed by atoms with Crippen molar-refractivity contribution in [3.8, 4) is 0 Å². The quantitative estimate of drug-likeness (QED) is 0.567. The van der Waals surface area contributed by atoms with Crippen molar-refractivity contribution >= 4 is 22.5 Å². The summed E-state index contributed by atoms with van der Waals surface area (Å²) in [5, 5.41) is 11.2. The average Bonchev–Trinajstić information content (AvgIpc) is 3.22. The highest BCUT2D eigenvalue weighted by molar-refractivity contribution is 6.04. The number of carbonyl (C=O) groups is 1. The number of halogens is 1. The van der Waals surface area contributed by atoms with Crippen LogP contribution < -0.4 is 10.7 Å². The number of benzene rings is 2. The lowest BCUT2D eigenvalue weighted by Gasteiger charge is -2.11. The molecule has 0 spiro atoms. The van der Waals surface area contributed by atoms with Gasteiger partial charge in [-0.2, -0.15) is 10.2 Å². The van der Waals surface area contributed by atoms with Crippen LogP contribution in [-0.2, 0) is 13.1 Å². The van der Waals surface area contributed by atoms with E-state index in [-0.39, 0.29) is 11.1 Å². The van der Waals surface area contributed by atoms with Gasteiger partial charge in [0, 0.05) is 24.6 Å². The fourth-order valence-electron chi connectivity index (χ4n) is 3.17. The summed E-state index contributed by atoms with van der Waals surface area (Å²) in [6.45, 7) is 2.82. The van der Waals surface area contributed by atoms with Gasteiger partial charge in [-0.05, 0) is 48.9 Å². The maximum Gasteiger partial charge on any atom is 0.280 e. The van der Waals surface area contributed by atoms with Crippen LogP contribution in [0.2, 0.25) is 0 Å². The van der Waals surface area contributed by atoms with Gasteiger partial charge in [-0.3, -0.25) is 19.0 Å². The molecule has 2 aromatic heterocycles. The monoisotopic (exact) mass is 391 g/mol. The first-order chi connectivity index (χ1) is 14.0. The third kappa shape index (κ3) is 3.77. The van der Waals surface area contributed by atoms with Crippen molar-refractivity contribution in [3.05, 3.63) is 88.2 Å². The molecular weight excluding hydrogens is 373 g/mol. The first-order valence-electron chi connectivity index (χ1n) is 9.13. The van der Waals surface area contributed by atoms with Gasteiger partial charge in [-0.25, -0.2) is 4.39 Å². The summed E-state index contributed by atoms with van der Waals surface area (Å²) in [4.78, 5) is 25.5. The first-order valence-corrected chi connectivity index (χ1v) is 9.13. The Bertz CT molecular complexity index is 1250. The van der Waals surface area contributed by atoms with E-state index in [4.69, 9.17) is 0 Å². The van der Waals surface area contributed by atoms with Crippen LogP contribution >= 0.6 is 0 Å². The lowest BCUT2D eigenvalue weighted by molar-refractivity contribution is 0.101. The average molecular weight is 391 g/mol. The normalized spacial score (nSPS) is 11.0. The van der Waals surface area contributed by atoms with E-state index in [1.807, 2.05) is 31.3 Å². The standard InChI is InChI=1S/C21H18FN5O2/c1-2-27-18-8-7-15(22)12-17(18)20(28)19(25-27)21(29)24-16-6-3-5-14(11-16)13-26-10-4-9-23-26/h3-12H,2,13H2,1H3,(H,24,29). The molecule has 0 aliphatic carbocycles. The van der Waals surface area contributed by atoms with Crippen LogP contribution in [0.3, 0.4) is 0 Å². The summed E-state index contributed by atoms with van der Waals surface area (Å²) in [6, 6.07) is 13.0. The van der Waals surface area contributed by atoms with Gasteiger partial charge in [0.05, 0.1) is 17.4 Å². The molecule has 4 rings (SSSR count). The van der Waals surface area contributed by atoms with Crippen LogP contribution in [0.5, 0.6) is 0 Å². The van der Waals surface area contributed by atoms with E-state index in [0.29, 0.717) is 24.3 Å². The third-order valence-electron chi connectivity index (χ3n) is 4.52. The molecule has 2 heterocycles. The Morgan fingerprint density at radius 3 is 2.79 bits per heavy atom. The molecule has 0 saturated carbocycles. The van der Waals surface area contributed by atoms with Crippen molar-refractivity contribution in [2.24, 2.45) is 0 Å². The smallest absolute Gasteiger partial charge is 0.280 e. The van der Waals surface area contributed by atoms with Gasteiger partial charge in [0.1, 0.15) is 5.82 Å². The zero-order chi connectivity index (χ0) is 20.4. The first kappa shape index (κ1) is 18.5. The van der Waals surface area contributed by atoms with Crippen LogP contribution in [0.15, 0.2) is 65.7 Å². The molecule has 0 saturated heterocycles. The number of hydrogen-bond acceptors (Lipinski definition) is 4. The van der Waals surface area contributed by atoms with Gasteiger partial charge in [-0.1, -0.05) is 12.1 Å². The molecule has 8 heteroatoms. The zero-order valence-corrected chi connectivity index (χ0v) is 15.7. The number of nitrogens with zero attached hydrogens (tertiary/aromatic N) is 4. The van der Waals surface area contributed by atoms with E-state index in [9.17, 15) is 14.0 Å². The van der Waals surface area contributed by atoms with Gasteiger partial charge < -0.3 is 5.32 Å². The van der Waals surface area contributed by atoms with Crippen molar-refractivity contribution in [2.75, 3.05) is 5.32 Å². The maximum atomic E-state index is 13.7. The van der Waals surface area contributed by atoms with E-state index in [1.54, 1.807) is 23.0 Å². The van der Waals surface area contributed by atoms with Crippen LogP contribution in [0.25, 0.3) is 10.9 Å². The van der Waals surface area contributed by atoms with Crippen LogP contribution in [0.4, 0.5) is 10.1 Å². The van der Waals surface area contributed by atoms with E-state index in [1.165, 1.54) is 16.8 Å². The summed E-state index contributed by atoms with van der Waals surface area (Å²) in [5.74, 6) is -1.18. The Labute approximate surface area is 165 Å². The molecule has 0 aliphatic rings. The molecule has 7 nitrogen and oxygen atoms in total. The Morgan fingerprint density at radius 1 is 1.17 bits per heavy atom. The van der Waals surface area contributed by atoms with Crippen LogP contribution in [0, 0.1) is 5.82 Å². The van der Waals surface area contributed by atoms with E-state index < -0.39 is 17.2 Å². The van der Waals surface area contributed by atoms with Gasteiger partial charge >= 0.3 is 0 Å². The SMILES string of the molecule is CCn1nc(C(=O)Nc2cccc(Cn3cccn3)c2)c(=O)c2cc(F)ccc21.